The Hall–Kier alpha value is -1.88. The number of rotatable bonds is 4. The lowest BCUT2D eigenvalue weighted by Crippen LogP contribution is -2.12. The Labute approximate surface area is 160 Å². The molecule has 3 aromatic rings. The minimum Gasteiger partial charge on any atom is -0.298 e. The van der Waals surface area contributed by atoms with E-state index in [1.54, 1.807) is 18.2 Å². The predicted molar refractivity (Wildman–Crippen MR) is 106 cm³/mol. The van der Waals surface area contributed by atoms with E-state index in [0.717, 1.165) is 11.3 Å². The van der Waals surface area contributed by atoms with Crippen LogP contribution in [0.15, 0.2) is 47.8 Å². The van der Waals surface area contributed by atoms with Gasteiger partial charge >= 0.3 is 0 Å². The molecule has 2 aromatic carbocycles. The number of hydrogen-bond donors (Lipinski definition) is 1. The summed E-state index contributed by atoms with van der Waals surface area (Å²) in [7, 11) is 0. The van der Waals surface area contributed by atoms with Crippen molar-refractivity contribution in [1.82, 2.24) is 4.98 Å². The molecule has 0 spiro atoms. The monoisotopic (exact) mass is 390 g/mol. The Kier molecular flexibility index (Phi) is 5.42. The highest BCUT2D eigenvalue weighted by Crippen LogP contribution is 2.28. The van der Waals surface area contributed by atoms with Gasteiger partial charge in [0.2, 0.25) is 0 Å². The summed E-state index contributed by atoms with van der Waals surface area (Å²) in [5.41, 5.74) is 3.45. The van der Waals surface area contributed by atoms with E-state index >= 15 is 0 Å². The topological polar surface area (TPSA) is 42.0 Å². The summed E-state index contributed by atoms with van der Waals surface area (Å²) >= 11 is 13.4. The fourth-order valence-electron chi connectivity index (χ4n) is 2.34. The van der Waals surface area contributed by atoms with E-state index in [1.165, 1.54) is 16.9 Å². The molecule has 0 aliphatic heterocycles. The van der Waals surface area contributed by atoms with Crippen LogP contribution in [0.2, 0.25) is 10.0 Å². The number of aromatic nitrogens is 1. The van der Waals surface area contributed by atoms with Gasteiger partial charge in [-0.05, 0) is 29.7 Å². The summed E-state index contributed by atoms with van der Waals surface area (Å²) in [5.74, 6) is 0.158. The van der Waals surface area contributed by atoms with Crippen LogP contribution in [0, 0.1) is 0 Å². The maximum atomic E-state index is 12.4. The van der Waals surface area contributed by atoms with Crippen molar-refractivity contribution in [3.8, 4) is 11.3 Å². The van der Waals surface area contributed by atoms with Crippen LogP contribution >= 0.6 is 34.5 Å². The molecule has 0 aliphatic rings. The number of nitrogens with zero attached hydrogens (tertiary/aromatic N) is 1. The van der Waals surface area contributed by atoms with Gasteiger partial charge in [-0.25, -0.2) is 4.98 Å². The van der Waals surface area contributed by atoms with Gasteiger partial charge in [-0.1, -0.05) is 61.3 Å². The molecule has 1 N–H and O–H groups in total. The molecule has 3 rings (SSSR count). The molecule has 128 valence electrons. The molecule has 1 amide bonds. The number of nitrogens with one attached hydrogen (secondary N) is 1. The van der Waals surface area contributed by atoms with E-state index in [2.05, 4.69) is 36.3 Å². The summed E-state index contributed by atoms with van der Waals surface area (Å²) in [6.07, 6.45) is 0. The molecule has 0 atom stereocenters. The third-order valence-electron chi connectivity index (χ3n) is 3.77. The van der Waals surface area contributed by atoms with E-state index in [9.17, 15) is 4.79 Å². The maximum absolute atomic E-state index is 12.4. The highest BCUT2D eigenvalue weighted by molar-refractivity contribution is 7.14. The zero-order valence-corrected chi connectivity index (χ0v) is 16.0. The average molecular weight is 391 g/mol. The SMILES string of the molecule is CC(C)c1ccc(-c2csc(NC(=O)c3cc(Cl)ccc3Cl)n2)cc1. The van der Waals surface area contributed by atoms with Crippen molar-refractivity contribution in [2.24, 2.45) is 0 Å². The van der Waals surface area contributed by atoms with Crippen LogP contribution in [-0.4, -0.2) is 10.9 Å². The second-order valence-electron chi connectivity index (χ2n) is 5.89. The van der Waals surface area contributed by atoms with Gasteiger partial charge in [0.15, 0.2) is 5.13 Å². The third-order valence-corrected chi connectivity index (χ3v) is 5.09. The molecular weight excluding hydrogens is 375 g/mol. The summed E-state index contributed by atoms with van der Waals surface area (Å²) in [6.45, 7) is 4.32. The molecule has 3 nitrogen and oxygen atoms in total. The summed E-state index contributed by atoms with van der Waals surface area (Å²) < 4.78 is 0. The molecule has 25 heavy (non-hydrogen) atoms. The van der Waals surface area contributed by atoms with Crippen LogP contribution in [0.5, 0.6) is 0 Å². The quantitative estimate of drug-likeness (QED) is 0.552. The van der Waals surface area contributed by atoms with Crippen LogP contribution in [-0.2, 0) is 0 Å². The van der Waals surface area contributed by atoms with Crippen molar-refractivity contribution >= 4 is 45.6 Å². The summed E-state index contributed by atoms with van der Waals surface area (Å²) in [4.78, 5) is 16.8. The zero-order chi connectivity index (χ0) is 18.0. The number of carbonyl (C=O) groups is 1. The average Bonchev–Trinajstić information content (AvgIpc) is 3.05. The molecule has 0 fully saturated rings. The van der Waals surface area contributed by atoms with Crippen molar-refractivity contribution in [1.29, 1.82) is 0 Å². The largest absolute Gasteiger partial charge is 0.298 e. The second kappa shape index (κ2) is 7.56. The Balaban J connectivity index is 1.77. The molecule has 0 radical (unpaired) electrons. The maximum Gasteiger partial charge on any atom is 0.259 e. The van der Waals surface area contributed by atoms with Crippen molar-refractivity contribution in [3.63, 3.8) is 0 Å². The Morgan fingerprint density at radius 2 is 1.84 bits per heavy atom. The van der Waals surface area contributed by atoms with Crippen LogP contribution in [0.1, 0.15) is 35.7 Å². The van der Waals surface area contributed by atoms with Crippen molar-refractivity contribution < 1.29 is 4.79 Å². The number of anilines is 1. The molecular formula is C19H16Cl2N2OS. The Bertz CT molecular complexity index is 904. The molecule has 0 saturated heterocycles. The lowest BCUT2D eigenvalue weighted by atomic mass is 10.0. The number of carbonyl (C=O) groups excluding carboxylic acids is 1. The highest BCUT2D eigenvalue weighted by Gasteiger charge is 2.14. The molecule has 1 heterocycles. The van der Waals surface area contributed by atoms with E-state index in [-0.39, 0.29) is 5.91 Å². The van der Waals surface area contributed by atoms with Gasteiger partial charge in [0.1, 0.15) is 0 Å². The molecule has 0 aliphatic carbocycles. The number of halogens is 2. The van der Waals surface area contributed by atoms with Crippen LogP contribution in [0.4, 0.5) is 5.13 Å². The lowest BCUT2D eigenvalue weighted by molar-refractivity contribution is 0.102. The van der Waals surface area contributed by atoms with E-state index in [1.807, 2.05) is 17.5 Å². The number of benzene rings is 2. The molecule has 0 bridgehead atoms. The van der Waals surface area contributed by atoms with Gasteiger partial charge in [0.25, 0.3) is 5.91 Å². The summed E-state index contributed by atoms with van der Waals surface area (Å²) in [5, 5.41) is 6.01. The van der Waals surface area contributed by atoms with Crippen molar-refractivity contribution in [2.75, 3.05) is 5.32 Å². The number of thiazole rings is 1. The smallest absolute Gasteiger partial charge is 0.259 e. The first-order valence-corrected chi connectivity index (χ1v) is 9.40. The normalized spacial score (nSPS) is 10.9. The number of hydrogen-bond acceptors (Lipinski definition) is 3. The van der Waals surface area contributed by atoms with Crippen LogP contribution in [0.3, 0.4) is 0 Å². The lowest BCUT2D eigenvalue weighted by Gasteiger charge is -2.06. The van der Waals surface area contributed by atoms with Gasteiger partial charge in [-0.3, -0.25) is 10.1 Å². The molecule has 0 saturated carbocycles. The van der Waals surface area contributed by atoms with E-state index in [0.29, 0.717) is 26.7 Å². The van der Waals surface area contributed by atoms with Crippen LogP contribution < -0.4 is 5.32 Å². The summed E-state index contributed by atoms with van der Waals surface area (Å²) in [6, 6.07) is 13.1. The van der Waals surface area contributed by atoms with Gasteiger partial charge in [-0.2, -0.15) is 0 Å². The first kappa shape index (κ1) is 17.9. The Morgan fingerprint density at radius 3 is 2.52 bits per heavy atom. The first-order chi connectivity index (χ1) is 11.9. The Morgan fingerprint density at radius 1 is 1.12 bits per heavy atom. The standard InChI is InChI=1S/C19H16Cl2N2OS/c1-11(2)12-3-5-13(6-4-12)17-10-25-19(22-17)23-18(24)15-9-14(20)7-8-16(15)21/h3-11H,1-2H3,(H,22,23,24). The second-order valence-corrected chi connectivity index (χ2v) is 7.59. The fraction of sp³-hybridized carbons (Fsp3) is 0.158. The van der Waals surface area contributed by atoms with E-state index < -0.39 is 0 Å². The predicted octanol–water partition coefficient (Wildman–Crippen LogP) is 6.49. The molecule has 0 unspecified atom stereocenters. The fourth-order valence-corrected chi connectivity index (χ4v) is 3.43. The minimum absolute atomic E-state index is 0.326. The first-order valence-electron chi connectivity index (χ1n) is 7.76. The third kappa shape index (κ3) is 4.21. The van der Waals surface area contributed by atoms with Gasteiger partial charge in [0.05, 0.1) is 16.3 Å². The van der Waals surface area contributed by atoms with Gasteiger partial charge < -0.3 is 0 Å². The highest BCUT2D eigenvalue weighted by atomic mass is 35.5. The zero-order valence-electron chi connectivity index (χ0n) is 13.7. The number of amides is 1. The molecule has 6 heteroatoms. The van der Waals surface area contributed by atoms with Gasteiger partial charge in [-0.15, -0.1) is 11.3 Å². The molecule has 1 aromatic heterocycles. The van der Waals surface area contributed by atoms with Crippen molar-refractivity contribution in [3.05, 3.63) is 69.0 Å². The van der Waals surface area contributed by atoms with E-state index in [4.69, 9.17) is 23.2 Å². The van der Waals surface area contributed by atoms with Crippen LogP contribution in [0.25, 0.3) is 11.3 Å². The van der Waals surface area contributed by atoms with Gasteiger partial charge in [0, 0.05) is 16.0 Å². The van der Waals surface area contributed by atoms with Crippen molar-refractivity contribution in [2.45, 2.75) is 19.8 Å². The minimum atomic E-state index is -0.330.